The Hall–Kier alpha value is -3.76. The summed E-state index contributed by atoms with van der Waals surface area (Å²) < 4.78 is 20.6. The number of hydrogen-bond acceptors (Lipinski definition) is 7. The summed E-state index contributed by atoms with van der Waals surface area (Å²) in [6.45, 7) is 2.95. The van der Waals surface area contributed by atoms with Crippen LogP contribution in [0, 0.1) is 11.8 Å². The van der Waals surface area contributed by atoms with Crippen LogP contribution in [0.1, 0.15) is 62.3 Å². The maximum Gasteiger partial charge on any atom is 0.220 e. The third-order valence-corrected chi connectivity index (χ3v) is 12.6. The quantitative estimate of drug-likeness (QED) is 0.111. The lowest BCUT2D eigenvalue weighted by Crippen LogP contribution is -2.35. The summed E-state index contributed by atoms with van der Waals surface area (Å²) in [5.74, 6) is 2.28. The van der Waals surface area contributed by atoms with E-state index in [2.05, 4.69) is 28.1 Å². The summed E-state index contributed by atoms with van der Waals surface area (Å²) in [5.41, 5.74) is 4.69. The number of fused-ring (bicyclic) bond motifs is 1. The zero-order chi connectivity index (χ0) is 36.2. The van der Waals surface area contributed by atoms with Gasteiger partial charge < -0.3 is 20.7 Å². The first-order valence-corrected chi connectivity index (χ1v) is 19.7. The molecule has 0 spiro atoms. The highest BCUT2D eigenvalue weighted by Crippen LogP contribution is 2.43. The third kappa shape index (κ3) is 8.23. The van der Waals surface area contributed by atoms with Gasteiger partial charge in [-0.3, -0.25) is 4.79 Å². The fourth-order valence-corrected chi connectivity index (χ4v) is 9.24. The Morgan fingerprint density at radius 2 is 1.77 bits per heavy atom. The van der Waals surface area contributed by atoms with Crippen LogP contribution in [0.2, 0.25) is 10.0 Å². The van der Waals surface area contributed by atoms with E-state index >= 15 is 0 Å². The van der Waals surface area contributed by atoms with Gasteiger partial charge in [0.2, 0.25) is 11.8 Å². The van der Waals surface area contributed by atoms with Crippen molar-refractivity contribution >= 4 is 62.0 Å². The van der Waals surface area contributed by atoms with Gasteiger partial charge in [0.25, 0.3) is 0 Å². The number of aromatic nitrogens is 2. The number of rotatable bonds is 13. The van der Waals surface area contributed by atoms with Gasteiger partial charge in [0, 0.05) is 69.0 Å². The van der Waals surface area contributed by atoms with E-state index in [1.54, 1.807) is 14.0 Å². The van der Waals surface area contributed by atoms with Crippen LogP contribution in [0.15, 0.2) is 66.9 Å². The summed E-state index contributed by atoms with van der Waals surface area (Å²) in [5, 5.41) is 12.1. The van der Waals surface area contributed by atoms with Crippen molar-refractivity contribution in [3.63, 3.8) is 0 Å². The number of alkyl halides is 1. The fourth-order valence-electron chi connectivity index (χ4n) is 7.57. The van der Waals surface area contributed by atoms with Crippen LogP contribution in [0.5, 0.6) is 5.88 Å². The molecule has 0 bridgehead atoms. The molecule has 1 aliphatic heterocycles. The van der Waals surface area contributed by atoms with E-state index < -0.39 is 6.17 Å². The van der Waals surface area contributed by atoms with Gasteiger partial charge in [-0.2, -0.15) is 0 Å². The number of ether oxygens (including phenoxy) is 1. The molecule has 4 heterocycles. The Morgan fingerprint density at radius 3 is 2.52 bits per heavy atom. The molecule has 2 atom stereocenters. The van der Waals surface area contributed by atoms with Crippen molar-refractivity contribution in [2.45, 2.75) is 77.0 Å². The average Bonchev–Trinajstić information content (AvgIpc) is 3.78. The molecule has 272 valence electrons. The summed E-state index contributed by atoms with van der Waals surface area (Å²) >= 11 is 16.1. The predicted octanol–water partition coefficient (Wildman–Crippen LogP) is 10.5. The molecule has 1 amide bonds. The second-order valence-corrected chi connectivity index (χ2v) is 16.0. The molecule has 1 saturated heterocycles. The molecular weight excluding hydrogens is 716 g/mol. The summed E-state index contributed by atoms with van der Waals surface area (Å²) in [6, 6.07) is 20.1. The Morgan fingerprint density at radius 1 is 1.00 bits per heavy atom. The number of hydrogen-bond donors (Lipinski definition) is 3. The van der Waals surface area contributed by atoms with Gasteiger partial charge >= 0.3 is 0 Å². The molecule has 3 aromatic heterocycles. The molecule has 52 heavy (non-hydrogen) atoms. The smallest absolute Gasteiger partial charge is 0.220 e. The summed E-state index contributed by atoms with van der Waals surface area (Å²) in [7, 11) is 1.61. The fraction of sp³-hybridized carbons (Fsp3) is 0.390. The van der Waals surface area contributed by atoms with Crippen LogP contribution in [-0.2, 0) is 17.8 Å². The Balaban J connectivity index is 1.06. The highest BCUT2D eigenvalue weighted by Gasteiger charge is 2.25. The van der Waals surface area contributed by atoms with Gasteiger partial charge in [-0.25, -0.2) is 14.4 Å². The van der Waals surface area contributed by atoms with E-state index in [1.807, 2.05) is 66.1 Å². The molecule has 11 heteroatoms. The number of thiophene rings is 1. The summed E-state index contributed by atoms with van der Waals surface area (Å²) in [6.07, 6.45) is 8.96. The molecule has 1 saturated carbocycles. The van der Waals surface area contributed by atoms with Crippen molar-refractivity contribution in [1.82, 2.24) is 20.6 Å². The van der Waals surface area contributed by atoms with Crippen LogP contribution in [-0.4, -0.2) is 41.7 Å². The highest BCUT2D eigenvalue weighted by atomic mass is 35.5. The van der Waals surface area contributed by atoms with E-state index in [0.717, 1.165) is 84.1 Å². The van der Waals surface area contributed by atoms with Crippen molar-refractivity contribution in [1.29, 1.82) is 0 Å². The van der Waals surface area contributed by atoms with Crippen molar-refractivity contribution in [3.05, 3.63) is 87.3 Å². The van der Waals surface area contributed by atoms with E-state index in [1.165, 1.54) is 9.58 Å². The van der Waals surface area contributed by atoms with Gasteiger partial charge in [0.1, 0.15) is 12.0 Å². The molecule has 2 aliphatic rings. The van der Waals surface area contributed by atoms with Crippen molar-refractivity contribution in [2.75, 3.05) is 19.0 Å². The number of aryl methyl sites for hydroxylation is 1. The van der Waals surface area contributed by atoms with Crippen molar-refractivity contribution in [3.8, 4) is 28.3 Å². The molecule has 2 fully saturated rings. The zero-order valence-corrected chi connectivity index (χ0v) is 31.8. The van der Waals surface area contributed by atoms with Gasteiger partial charge in [0.15, 0.2) is 0 Å². The monoisotopic (exact) mass is 759 g/mol. The predicted molar refractivity (Wildman–Crippen MR) is 212 cm³/mol. The number of benzene rings is 2. The largest absolute Gasteiger partial charge is 0.481 e. The van der Waals surface area contributed by atoms with Crippen molar-refractivity contribution in [2.24, 2.45) is 11.8 Å². The average molecular weight is 761 g/mol. The number of pyridine rings is 2. The SMILES string of the molecule is COc1nc(-c2cccc(-c3cccc(Nc4nccc5sc(CCC6CCC(C(C)F)CC6)cc45)c3Cl)c2Cl)ccc1CNC[C@@H]1CCC(=O)N1. The van der Waals surface area contributed by atoms with Gasteiger partial charge in [0.05, 0.1) is 28.5 Å². The Labute approximate surface area is 318 Å². The summed E-state index contributed by atoms with van der Waals surface area (Å²) in [4.78, 5) is 22.4. The molecule has 0 radical (unpaired) electrons. The third-order valence-electron chi connectivity index (χ3n) is 10.6. The van der Waals surface area contributed by atoms with E-state index in [4.69, 9.17) is 37.9 Å². The second-order valence-electron chi connectivity index (χ2n) is 14.0. The van der Waals surface area contributed by atoms with Gasteiger partial charge in [-0.05, 0) is 75.1 Å². The first kappa shape index (κ1) is 36.6. The minimum Gasteiger partial charge on any atom is -0.481 e. The topological polar surface area (TPSA) is 88.2 Å². The maximum atomic E-state index is 13.8. The van der Waals surface area contributed by atoms with Crippen molar-refractivity contribution < 1.29 is 13.9 Å². The van der Waals surface area contributed by atoms with E-state index in [0.29, 0.717) is 47.0 Å². The number of carbonyl (C=O) groups excluding carboxylic acids is 1. The highest BCUT2D eigenvalue weighted by molar-refractivity contribution is 7.19. The maximum absolute atomic E-state index is 13.8. The van der Waals surface area contributed by atoms with Crippen LogP contribution in [0.3, 0.4) is 0 Å². The lowest BCUT2D eigenvalue weighted by Gasteiger charge is -2.29. The number of carbonyl (C=O) groups is 1. The molecule has 1 aliphatic carbocycles. The lowest BCUT2D eigenvalue weighted by atomic mass is 9.78. The minimum atomic E-state index is -0.697. The first-order valence-electron chi connectivity index (χ1n) is 18.2. The molecule has 7 rings (SSSR count). The second kappa shape index (κ2) is 16.5. The first-order chi connectivity index (χ1) is 25.3. The Bertz CT molecular complexity index is 2050. The number of methoxy groups -OCH3 is 1. The molecule has 5 aromatic rings. The van der Waals surface area contributed by atoms with Gasteiger partial charge in [-0.15, -0.1) is 11.3 Å². The standard InChI is InChI=1S/C41H44Cl2FN5O2S/c1-24(44)26-12-9-25(10-13-26)11-16-29-21-33-36(52-29)19-20-46-40(33)48-35-8-4-6-31(39(35)43)30-5-3-7-32(38(30)42)34-17-14-27(41(49-34)51-2)22-45-23-28-15-18-37(50)47-28/h3-8,14,17,19-21,24-26,28,45H,9-13,15-16,18,22-23H2,1-2H3,(H,46,48)(H,47,50)/t24?,25?,26?,28-/m0/s1. The van der Waals surface area contributed by atoms with Crippen LogP contribution < -0.4 is 20.7 Å². The number of amides is 1. The number of nitrogens with zero attached hydrogens (tertiary/aromatic N) is 2. The molecule has 1 unspecified atom stereocenters. The molecule has 2 aromatic carbocycles. The number of anilines is 2. The van der Waals surface area contributed by atoms with Crippen LogP contribution >= 0.6 is 34.5 Å². The molecule has 7 nitrogen and oxygen atoms in total. The number of nitrogens with one attached hydrogen (secondary N) is 3. The normalized spacial score (nSPS) is 19.5. The lowest BCUT2D eigenvalue weighted by molar-refractivity contribution is -0.119. The van der Waals surface area contributed by atoms with Gasteiger partial charge in [-0.1, -0.05) is 72.4 Å². The molecule has 3 N–H and O–H groups in total. The minimum absolute atomic E-state index is 0.104. The Kier molecular flexibility index (Phi) is 11.6. The van der Waals surface area contributed by atoms with E-state index in [9.17, 15) is 9.18 Å². The number of halogens is 3. The van der Waals surface area contributed by atoms with E-state index in [-0.39, 0.29) is 17.9 Å². The zero-order valence-electron chi connectivity index (χ0n) is 29.5. The molecular formula is C41H44Cl2FN5O2S. The van der Waals surface area contributed by atoms with Crippen LogP contribution in [0.4, 0.5) is 15.9 Å². The van der Waals surface area contributed by atoms with Crippen LogP contribution in [0.25, 0.3) is 32.5 Å².